The molecule has 0 aromatic rings. The number of hydrogen-bond acceptors (Lipinski definition) is 15. The number of rotatable bonds is 18. The Balaban J connectivity index is 0.000000818. The molecule has 0 saturated heterocycles. The molecule has 23 unspecified atom stereocenters. The number of ether oxygens (including phenoxy) is 6. The third-order valence-electron chi connectivity index (χ3n) is 40.2. The van der Waals surface area contributed by atoms with E-state index in [4.69, 9.17) is 24.1 Å². The fraction of sp³-hybridized carbons (Fsp3) is 0.921. The minimum atomic E-state index is -0.931. The quantitative estimate of drug-likeness (QED) is 0.0852. The lowest BCUT2D eigenvalue weighted by Gasteiger charge is -2.75. The number of carboxylic acids is 1. The van der Waals surface area contributed by atoms with Gasteiger partial charge in [0.25, 0.3) is 0 Å². The number of carboxylic acid groups (broad SMARTS) is 1. The molecule has 0 spiro atoms. The van der Waals surface area contributed by atoms with Crippen molar-refractivity contribution in [2.75, 3.05) is 28.4 Å². The number of esters is 6. The highest BCUT2D eigenvalue weighted by molar-refractivity contribution is 5.86. The summed E-state index contributed by atoms with van der Waals surface area (Å²) in [6, 6.07) is 0.251. The Labute approximate surface area is 811 Å². The first-order chi connectivity index (χ1) is 56.9. The predicted molar refractivity (Wildman–Crippen MR) is 544 cm³/mol. The van der Waals surface area contributed by atoms with Crippen molar-refractivity contribution in [2.24, 2.45) is 191 Å². The largest absolute Gasteiger partial charge is 0.481 e. The lowest BCUT2D eigenvalue weighted by atomic mass is 9.30. The summed E-state index contributed by atoms with van der Waals surface area (Å²) in [7, 11) is 5.33. The van der Waals surface area contributed by atoms with E-state index >= 15 is 0 Å². The molecular weight excluding hydrogens is 1650 g/mol. The zero-order valence-electron chi connectivity index (χ0n) is 81.3. The highest BCUT2D eigenvalue weighted by Gasteiger charge is 2.72. The monoisotopic (exact) mass is 1870 g/mol. The van der Waals surface area contributed by atoms with Crippen LogP contribution in [0.3, 0.4) is 0 Å². The maximum Gasteiger partial charge on any atom is 0.311 e. The Kier molecular flexibility index (Phi) is 45.5. The van der Waals surface area contributed by atoms with Gasteiger partial charge in [-0.3, -0.25) is 43.2 Å². The third kappa shape index (κ3) is 24.8. The van der Waals surface area contributed by atoms with E-state index in [0.717, 1.165) is 117 Å². The average Bonchev–Trinajstić information content (AvgIpc) is 0.740. The maximum absolute atomic E-state index is 13.1. The molecule has 19 aliphatic carbocycles. The zero-order chi connectivity index (χ0) is 90.1. The molecule has 132 heavy (non-hydrogen) atoms. The van der Waals surface area contributed by atoms with Gasteiger partial charge in [-0.1, -0.05) is 219 Å². The van der Waals surface area contributed by atoms with Crippen LogP contribution in [0.15, 0.2) is 0 Å². The van der Waals surface area contributed by atoms with Gasteiger partial charge in [0.15, 0.2) is 0 Å². The van der Waals surface area contributed by atoms with E-state index in [1.807, 2.05) is 20.8 Å². The second-order valence-corrected chi connectivity index (χ2v) is 48.2. The van der Waals surface area contributed by atoms with Crippen LogP contribution in [0.25, 0.3) is 0 Å². The van der Waals surface area contributed by atoms with E-state index in [2.05, 4.69) is 103 Å². The summed E-state index contributed by atoms with van der Waals surface area (Å²) >= 11 is 0. The van der Waals surface area contributed by atoms with Crippen molar-refractivity contribution >= 4 is 53.6 Å². The van der Waals surface area contributed by atoms with Gasteiger partial charge in [0.1, 0.15) is 11.7 Å². The molecule has 0 aromatic carbocycles. The van der Waals surface area contributed by atoms with Gasteiger partial charge in [0.05, 0.1) is 69.4 Å². The zero-order valence-corrected chi connectivity index (χ0v) is 81.3. The van der Waals surface area contributed by atoms with E-state index in [-0.39, 0.29) is 162 Å². The van der Waals surface area contributed by atoms with E-state index in [0.29, 0.717) is 50.2 Å². The van der Waals surface area contributed by atoms with Gasteiger partial charge in [0, 0.05) is 23.4 Å². The first-order valence-electron chi connectivity index (χ1n) is 49.5. The van der Waals surface area contributed by atoms with E-state index in [1.54, 1.807) is 87.0 Å². The highest BCUT2D eigenvalue weighted by atomic mass is 16.6. The summed E-state index contributed by atoms with van der Waals surface area (Å²) in [5.41, 5.74) is 2.41. The van der Waals surface area contributed by atoms with E-state index in [1.165, 1.54) is 161 Å². The van der Waals surface area contributed by atoms with Gasteiger partial charge in [0.2, 0.25) is 11.8 Å². The fourth-order valence-electron chi connectivity index (χ4n) is 31.2. The molecule has 12 bridgehead atoms. The van der Waals surface area contributed by atoms with Crippen molar-refractivity contribution in [3.05, 3.63) is 0 Å². The van der Waals surface area contributed by atoms with Crippen LogP contribution in [0.4, 0.5) is 0 Å². The molecule has 774 valence electrons. The summed E-state index contributed by atoms with van der Waals surface area (Å²) in [6.45, 7) is 47.9. The number of carbonyl (C=O) groups is 9. The van der Waals surface area contributed by atoms with Crippen LogP contribution < -0.4 is 10.6 Å². The predicted octanol–water partition coefficient (Wildman–Crippen LogP) is 28.0. The summed E-state index contributed by atoms with van der Waals surface area (Å²) in [6.07, 6.45) is 42.2. The van der Waals surface area contributed by atoms with Gasteiger partial charge >= 0.3 is 41.8 Å². The number of methoxy groups -OCH3 is 4. The van der Waals surface area contributed by atoms with E-state index < -0.39 is 47.5 Å². The molecule has 0 heterocycles. The number of carbonyl (C=O) groups excluding carboxylic acids is 8. The van der Waals surface area contributed by atoms with Gasteiger partial charge in [-0.05, 0) is 351 Å². The van der Waals surface area contributed by atoms with Crippen LogP contribution in [0.2, 0.25) is 0 Å². The van der Waals surface area contributed by atoms with Gasteiger partial charge in [-0.15, -0.1) is 0 Å². The highest BCUT2D eigenvalue weighted by Crippen LogP contribution is 2.79. The lowest BCUT2D eigenvalue weighted by Crippen LogP contribution is -2.68. The molecule has 26 atom stereocenters. The minimum absolute atomic E-state index is 0. The summed E-state index contributed by atoms with van der Waals surface area (Å²) in [5.74, 6) is 7.92. The molecule has 0 aliphatic heterocycles. The number of aliphatic carboxylic acids is 1. The maximum atomic E-state index is 13.1. The fourth-order valence-corrected chi connectivity index (χ4v) is 31.2. The van der Waals surface area contributed by atoms with Crippen molar-refractivity contribution in [3.8, 4) is 0 Å². The molecule has 19 aliphatic rings. The number of hydrogen-bond donors (Lipinski definition) is 3. The first kappa shape index (κ1) is 125. The molecule has 3 N–H and O–H groups in total. The van der Waals surface area contributed by atoms with Crippen molar-refractivity contribution in [2.45, 2.75) is 455 Å². The van der Waals surface area contributed by atoms with Crippen molar-refractivity contribution < 1.29 is 76.7 Å². The molecule has 0 radical (unpaired) electrons. The molecule has 0 aromatic heterocycles. The Morgan fingerprint density at radius 2 is 0.826 bits per heavy atom. The summed E-state index contributed by atoms with van der Waals surface area (Å²) in [5, 5.41) is 15.5. The normalized spacial score (nSPS) is 39.0. The Hall–Kier alpha value is -4.77. The Morgan fingerprint density at radius 3 is 1.25 bits per heavy atom. The SMILES string of the molecule is C.C.C.C.C.C.C.C.C.C.C1CC2C3CCC(C3)C2C1.CC(C(=O)O)C(C)C(=O)OC12CC3CC(CC(C3)C1)C2.CCC(C)(C)C(=O)OC1CCC2C(C)(CCC3C2(C)CCC2(C)C4CC(C)(C)CCC4(C)CCC32C)C1C.COC(=O)C(C)C(C)C(=O)NC12CC3CC(CC(C3)C1)C2.COC(=O)C(C)C(C)C(=O)N[C@@H]1C[C@@H]2C[C@H](C1C)C2(C)C.COC(=O)C(C)C(C)C(=O)OC. The second-order valence-electron chi connectivity index (χ2n) is 48.2. The number of fused-ring (bicyclic) bond motifs is 14. The van der Waals surface area contributed by atoms with Crippen LogP contribution in [0, 0.1) is 191 Å². The lowest BCUT2D eigenvalue weighted by molar-refractivity contribution is -0.264. The molecule has 2 amide bonds. The minimum Gasteiger partial charge on any atom is -0.481 e. The van der Waals surface area contributed by atoms with Gasteiger partial charge in [-0.25, -0.2) is 0 Å². The van der Waals surface area contributed by atoms with Crippen molar-refractivity contribution in [3.63, 3.8) is 0 Å². The van der Waals surface area contributed by atoms with Gasteiger partial charge in [-0.2, -0.15) is 0 Å². The summed E-state index contributed by atoms with van der Waals surface area (Å²) in [4.78, 5) is 106. The molecule has 18 heteroatoms. The van der Waals surface area contributed by atoms with Crippen molar-refractivity contribution in [1.29, 1.82) is 0 Å². The topological polar surface area (TPSA) is 253 Å². The molecule has 19 rings (SSSR count). The molecule has 19 saturated carbocycles. The van der Waals surface area contributed by atoms with Crippen LogP contribution in [-0.2, 0) is 71.6 Å². The second kappa shape index (κ2) is 47.9. The smallest absolute Gasteiger partial charge is 0.311 e. The van der Waals surface area contributed by atoms with Crippen molar-refractivity contribution in [1.82, 2.24) is 10.6 Å². The molecule has 18 nitrogen and oxygen atoms in total. The van der Waals surface area contributed by atoms with Gasteiger partial charge < -0.3 is 44.2 Å². The van der Waals surface area contributed by atoms with Crippen LogP contribution in [0.5, 0.6) is 0 Å². The number of amides is 2. The first-order valence-corrected chi connectivity index (χ1v) is 49.5. The van der Waals surface area contributed by atoms with E-state index in [9.17, 15) is 43.2 Å². The molecule has 19 fully saturated rings. The number of nitrogens with one attached hydrogen (secondary N) is 2. The Morgan fingerprint density at radius 1 is 0.417 bits per heavy atom. The average molecular weight is 1870 g/mol. The summed E-state index contributed by atoms with van der Waals surface area (Å²) < 4.78 is 30.6. The molecular formula is C114H212N2O16. The third-order valence-corrected chi connectivity index (χ3v) is 40.2. The van der Waals surface area contributed by atoms with Crippen LogP contribution >= 0.6 is 0 Å². The van der Waals surface area contributed by atoms with Crippen LogP contribution in [0.1, 0.15) is 432 Å². The standard InChI is InChI=1S/C36H62O2.C17H27NO3.C17H29NO3.C16H24O4.C10H16.C8H14O4.10CH4/c1-12-31(5,6)29(37)38-25-13-14-26-33(8,24(25)2)16-15-27-34(26,9)20-22-36(11)28-23-30(3,4)17-18-32(28,7)19-21-35(27,36)10;1-10(11(2)16(20)21-3)15(19)18-17-7-12-4-13(8-17)6-14(5-12)9-17;1-9(10(2)16(20)21-6)15(19)18-14-8-12-7-13(11(14)3)17(12,4)5;1-9(14(17)18)10(2)15(19)20-16-6-11-3-12(7-16)5-13(4-11)8-16;1-2-9-7-4-5-8(6-7)10(9)3-1;1-5(7(9)11-3)6(2)8(10)12-4;;;;;;;;;;/h24-28H,12-23H2,1-11H3;10-14H,4-9H2,1-3H3,(H,18,19);9-14H,7-8H2,1-6H3,(H,18,19);9-13H,3-8H2,1-2H3,(H,17,18);7-10H,1-6H2;5-6H,1-4H3;10*1H4/t;;9?,10?,11?,12-,13+,14+;;;;;;;;;;;;;/m..0............./s1. The van der Waals surface area contributed by atoms with Crippen LogP contribution in [-0.4, -0.2) is 110 Å². The Bertz CT molecular complexity index is 3620.